The van der Waals surface area contributed by atoms with Crippen molar-refractivity contribution in [2.75, 3.05) is 26.7 Å². The molecule has 0 bridgehead atoms. The van der Waals surface area contributed by atoms with Gasteiger partial charge in [0.1, 0.15) is 0 Å². The molecule has 2 aliphatic rings. The molecule has 0 radical (unpaired) electrons. The van der Waals surface area contributed by atoms with Crippen LogP contribution in [-0.2, 0) is 4.74 Å². The Morgan fingerprint density at radius 3 is 2.50 bits per heavy atom. The fraction of sp³-hybridized carbons (Fsp3) is 1.00. The number of hydrogen-bond donors (Lipinski definition) is 1. The first-order chi connectivity index (χ1) is 8.64. The topological polar surface area (TPSA) is 38.5 Å². The third-order valence-corrected chi connectivity index (χ3v) is 5.07. The largest absolute Gasteiger partial charge is 0.377 e. The molecule has 0 aromatic rings. The minimum Gasteiger partial charge on any atom is -0.377 e. The summed E-state index contributed by atoms with van der Waals surface area (Å²) in [5, 5.41) is 0. The van der Waals surface area contributed by atoms with Gasteiger partial charge in [0.15, 0.2) is 0 Å². The fourth-order valence-electron chi connectivity index (χ4n) is 3.19. The van der Waals surface area contributed by atoms with E-state index in [9.17, 15) is 0 Å². The summed E-state index contributed by atoms with van der Waals surface area (Å²) in [6, 6.07) is 0. The zero-order valence-electron chi connectivity index (χ0n) is 12.2. The predicted molar refractivity (Wildman–Crippen MR) is 75.6 cm³/mol. The maximum absolute atomic E-state index is 6.06. The van der Waals surface area contributed by atoms with Crippen molar-refractivity contribution in [3.63, 3.8) is 0 Å². The highest BCUT2D eigenvalue weighted by Gasteiger charge is 2.34. The molecule has 106 valence electrons. The zero-order chi connectivity index (χ0) is 13.0. The molecule has 0 aromatic carbocycles. The lowest BCUT2D eigenvalue weighted by Gasteiger charge is -2.44. The van der Waals surface area contributed by atoms with E-state index in [1.165, 1.54) is 44.9 Å². The Bertz CT molecular complexity index is 249. The monoisotopic (exact) mass is 254 g/mol. The first-order valence-electron chi connectivity index (χ1n) is 7.67. The van der Waals surface area contributed by atoms with E-state index in [0.29, 0.717) is 6.10 Å². The molecule has 18 heavy (non-hydrogen) atoms. The number of rotatable bonds is 6. The summed E-state index contributed by atoms with van der Waals surface area (Å²) in [5.41, 5.74) is 6.22. The van der Waals surface area contributed by atoms with Gasteiger partial charge in [0, 0.05) is 25.2 Å². The molecule has 0 spiro atoms. The molecule has 2 fully saturated rings. The summed E-state index contributed by atoms with van der Waals surface area (Å²) in [6.07, 6.45) is 9.68. The van der Waals surface area contributed by atoms with E-state index >= 15 is 0 Å². The molecule has 0 aromatic heterocycles. The molecule has 1 saturated carbocycles. The van der Waals surface area contributed by atoms with Crippen LogP contribution in [0.25, 0.3) is 0 Å². The van der Waals surface area contributed by atoms with E-state index in [0.717, 1.165) is 25.6 Å². The highest BCUT2D eigenvalue weighted by atomic mass is 16.5. The summed E-state index contributed by atoms with van der Waals surface area (Å²) in [6.45, 7) is 5.07. The van der Waals surface area contributed by atoms with Gasteiger partial charge in [-0.05, 0) is 45.6 Å². The van der Waals surface area contributed by atoms with E-state index < -0.39 is 0 Å². The van der Waals surface area contributed by atoms with Gasteiger partial charge in [0.2, 0.25) is 0 Å². The molecule has 2 atom stereocenters. The van der Waals surface area contributed by atoms with Crippen molar-refractivity contribution < 1.29 is 4.74 Å². The third kappa shape index (κ3) is 3.46. The van der Waals surface area contributed by atoms with Gasteiger partial charge >= 0.3 is 0 Å². The highest BCUT2D eigenvalue weighted by molar-refractivity contribution is 4.91. The van der Waals surface area contributed by atoms with E-state index in [2.05, 4.69) is 18.9 Å². The van der Waals surface area contributed by atoms with Crippen LogP contribution >= 0.6 is 0 Å². The first-order valence-corrected chi connectivity index (χ1v) is 7.67. The van der Waals surface area contributed by atoms with Crippen molar-refractivity contribution in [2.45, 2.75) is 63.5 Å². The van der Waals surface area contributed by atoms with Crippen molar-refractivity contribution in [2.24, 2.45) is 11.7 Å². The second-order valence-electron chi connectivity index (χ2n) is 6.57. The summed E-state index contributed by atoms with van der Waals surface area (Å²) in [7, 11) is 2.23. The molecular weight excluding hydrogens is 224 g/mol. The van der Waals surface area contributed by atoms with Crippen LogP contribution in [0, 0.1) is 5.92 Å². The first kappa shape index (κ1) is 14.3. The number of hydrogen-bond acceptors (Lipinski definition) is 3. The Labute approximate surface area is 112 Å². The maximum Gasteiger partial charge on any atom is 0.0702 e. The summed E-state index contributed by atoms with van der Waals surface area (Å²) < 4.78 is 5.85. The number of ether oxygens (including phenoxy) is 1. The van der Waals surface area contributed by atoms with Crippen molar-refractivity contribution in [1.29, 1.82) is 0 Å². The van der Waals surface area contributed by atoms with Gasteiger partial charge in [-0.2, -0.15) is 0 Å². The quantitative estimate of drug-likeness (QED) is 0.791. The van der Waals surface area contributed by atoms with Gasteiger partial charge in [0.25, 0.3) is 0 Å². The average Bonchev–Trinajstić information content (AvgIpc) is 2.35. The second kappa shape index (κ2) is 6.36. The Morgan fingerprint density at radius 1 is 1.22 bits per heavy atom. The SMILES string of the molecule is CN(CC1CCCCO1)C(C)(CN)CC1CCC1. The Morgan fingerprint density at radius 2 is 2.00 bits per heavy atom. The molecule has 1 heterocycles. The number of nitrogens with two attached hydrogens (primary N) is 1. The van der Waals surface area contributed by atoms with Crippen molar-refractivity contribution >= 4 is 0 Å². The van der Waals surface area contributed by atoms with E-state index in [1.54, 1.807) is 0 Å². The van der Waals surface area contributed by atoms with Gasteiger partial charge in [-0.3, -0.25) is 4.90 Å². The van der Waals surface area contributed by atoms with Gasteiger partial charge in [-0.15, -0.1) is 0 Å². The third-order valence-electron chi connectivity index (χ3n) is 5.07. The Hall–Kier alpha value is -0.120. The lowest BCUT2D eigenvalue weighted by Crippen LogP contribution is -2.54. The van der Waals surface area contributed by atoms with Gasteiger partial charge in [0.05, 0.1) is 6.10 Å². The predicted octanol–water partition coefficient (Wildman–Crippen LogP) is 2.39. The molecule has 1 aliphatic heterocycles. The molecule has 1 aliphatic carbocycles. The van der Waals surface area contributed by atoms with Crippen LogP contribution in [0.15, 0.2) is 0 Å². The maximum atomic E-state index is 6.06. The standard InChI is InChI=1S/C15H30N2O/c1-15(12-16,10-13-6-5-7-13)17(2)11-14-8-3-4-9-18-14/h13-14H,3-12,16H2,1-2H3. The average molecular weight is 254 g/mol. The van der Waals surface area contributed by atoms with Crippen LogP contribution in [0.3, 0.4) is 0 Å². The minimum atomic E-state index is 0.159. The zero-order valence-corrected chi connectivity index (χ0v) is 12.2. The second-order valence-corrected chi connectivity index (χ2v) is 6.57. The molecular formula is C15H30N2O. The smallest absolute Gasteiger partial charge is 0.0702 e. The minimum absolute atomic E-state index is 0.159. The summed E-state index contributed by atoms with van der Waals surface area (Å²) >= 11 is 0. The Kier molecular flexibility index (Phi) is 5.05. The van der Waals surface area contributed by atoms with Crippen molar-refractivity contribution in [3.8, 4) is 0 Å². The Balaban J connectivity index is 1.84. The van der Waals surface area contributed by atoms with E-state index in [-0.39, 0.29) is 5.54 Å². The summed E-state index contributed by atoms with van der Waals surface area (Å²) in [5.74, 6) is 0.910. The molecule has 2 rings (SSSR count). The molecule has 2 unspecified atom stereocenters. The van der Waals surface area contributed by atoms with Gasteiger partial charge in [-0.1, -0.05) is 19.3 Å². The van der Waals surface area contributed by atoms with Crippen molar-refractivity contribution in [3.05, 3.63) is 0 Å². The van der Waals surface area contributed by atoms with Crippen LogP contribution in [0.2, 0.25) is 0 Å². The molecule has 3 heteroatoms. The highest BCUT2D eigenvalue weighted by Crippen LogP contribution is 2.35. The van der Waals surface area contributed by atoms with Crippen LogP contribution in [0.4, 0.5) is 0 Å². The van der Waals surface area contributed by atoms with E-state index in [1.807, 2.05) is 0 Å². The number of likely N-dealkylation sites (N-methyl/N-ethyl adjacent to an activating group) is 1. The molecule has 1 saturated heterocycles. The molecule has 3 nitrogen and oxygen atoms in total. The van der Waals surface area contributed by atoms with E-state index in [4.69, 9.17) is 10.5 Å². The van der Waals surface area contributed by atoms with Gasteiger partial charge < -0.3 is 10.5 Å². The van der Waals surface area contributed by atoms with Crippen LogP contribution < -0.4 is 5.73 Å². The van der Waals surface area contributed by atoms with Crippen LogP contribution in [-0.4, -0.2) is 43.3 Å². The number of nitrogens with zero attached hydrogens (tertiary/aromatic N) is 1. The summed E-state index contributed by atoms with van der Waals surface area (Å²) in [4.78, 5) is 2.46. The molecule has 2 N–H and O–H groups in total. The lowest BCUT2D eigenvalue weighted by atomic mass is 9.76. The van der Waals surface area contributed by atoms with Crippen molar-refractivity contribution in [1.82, 2.24) is 4.90 Å². The molecule has 0 amide bonds. The normalized spacial score (nSPS) is 29.0. The van der Waals surface area contributed by atoms with Gasteiger partial charge in [-0.25, -0.2) is 0 Å². The lowest BCUT2D eigenvalue weighted by molar-refractivity contribution is -0.0256. The van der Waals surface area contributed by atoms with Crippen LogP contribution in [0.5, 0.6) is 0 Å². The van der Waals surface area contributed by atoms with Crippen LogP contribution in [0.1, 0.15) is 51.9 Å². The fourth-order valence-corrected chi connectivity index (χ4v) is 3.19.